The van der Waals surface area contributed by atoms with Crippen LogP contribution in [0.15, 0.2) is 11.3 Å². The van der Waals surface area contributed by atoms with Crippen LogP contribution in [0.1, 0.15) is 66.7 Å². The molecular weight excluding hydrogens is 292 g/mol. The van der Waals surface area contributed by atoms with Gasteiger partial charge < -0.3 is 4.74 Å². The summed E-state index contributed by atoms with van der Waals surface area (Å²) >= 11 is 0. The molecular formula is C19H26O4. The lowest BCUT2D eigenvalue weighted by Crippen LogP contribution is -2.57. The first-order chi connectivity index (χ1) is 10.5. The minimum absolute atomic E-state index is 0.0467. The van der Waals surface area contributed by atoms with Gasteiger partial charge in [-0.1, -0.05) is 34.6 Å². The summed E-state index contributed by atoms with van der Waals surface area (Å²) in [5.41, 5.74) is -1.31. The molecule has 3 aliphatic rings. The van der Waals surface area contributed by atoms with Crippen LogP contribution in [0.4, 0.5) is 0 Å². The first kappa shape index (κ1) is 16.4. The zero-order chi connectivity index (χ0) is 17.2. The normalized spacial score (nSPS) is 31.3. The molecule has 1 heterocycles. The molecule has 1 spiro atoms. The molecule has 1 atom stereocenters. The van der Waals surface area contributed by atoms with E-state index in [9.17, 15) is 14.4 Å². The van der Waals surface area contributed by atoms with E-state index < -0.39 is 11.5 Å². The lowest BCUT2D eigenvalue weighted by atomic mass is 9.62. The molecule has 23 heavy (non-hydrogen) atoms. The van der Waals surface area contributed by atoms with Crippen molar-refractivity contribution >= 4 is 17.3 Å². The van der Waals surface area contributed by atoms with E-state index in [-0.39, 0.29) is 28.2 Å². The largest absolute Gasteiger partial charge is 0.475 e. The van der Waals surface area contributed by atoms with Crippen molar-refractivity contribution in [2.45, 2.75) is 72.3 Å². The Morgan fingerprint density at radius 1 is 0.913 bits per heavy atom. The van der Waals surface area contributed by atoms with E-state index in [1.807, 2.05) is 34.6 Å². The Balaban J connectivity index is 2.06. The lowest BCUT2D eigenvalue weighted by molar-refractivity contribution is -0.163. The Bertz CT molecular complexity index is 616. The number of hydrogen-bond acceptors (Lipinski definition) is 4. The molecule has 1 aliphatic heterocycles. The second kappa shape index (κ2) is 4.78. The Labute approximate surface area is 137 Å². The van der Waals surface area contributed by atoms with E-state index in [4.69, 9.17) is 4.74 Å². The van der Waals surface area contributed by atoms with Crippen molar-refractivity contribution in [3.8, 4) is 0 Å². The van der Waals surface area contributed by atoms with Gasteiger partial charge in [-0.25, -0.2) is 0 Å². The molecule has 126 valence electrons. The highest BCUT2D eigenvalue weighted by Gasteiger charge is 2.64. The van der Waals surface area contributed by atoms with Crippen LogP contribution < -0.4 is 0 Å². The number of carbonyl (C=O) groups is 3. The minimum atomic E-state index is -1.43. The molecule has 0 bridgehead atoms. The van der Waals surface area contributed by atoms with Crippen LogP contribution in [0.5, 0.6) is 0 Å². The maximum Gasteiger partial charge on any atom is 0.230 e. The zero-order valence-electron chi connectivity index (χ0n) is 14.7. The van der Waals surface area contributed by atoms with E-state index in [0.29, 0.717) is 43.4 Å². The van der Waals surface area contributed by atoms with Crippen LogP contribution in [0.3, 0.4) is 0 Å². The third-order valence-electron chi connectivity index (χ3n) is 5.52. The van der Waals surface area contributed by atoms with Gasteiger partial charge in [0.1, 0.15) is 5.76 Å². The summed E-state index contributed by atoms with van der Waals surface area (Å²) < 4.78 is 6.08. The Morgan fingerprint density at radius 2 is 1.43 bits per heavy atom. The van der Waals surface area contributed by atoms with Gasteiger partial charge in [-0.2, -0.15) is 0 Å². The van der Waals surface area contributed by atoms with Gasteiger partial charge in [-0.3, -0.25) is 14.4 Å². The van der Waals surface area contributed by atoms with Crippen LogP contribution in [0, 0.1) is 16.7 Å². The van der Waals surface area contributed by atoms with Gasteiger partial charge >= 0.3 is 0 Å². The van der Waals surface area contributed by atoms with E-state index >= 15 is 0 Å². The molecule has 2 aliphatic carbocycles. The number of rotatable bonds is 1. The molecule has 1 fully saturated rings. The molecule has 4 heteroatoms. The maximum absolute atomic E-state index is 12.9. The third kappa shape index (κ3) is 2.29. The Hall–Kier alpha value is -1.45. The summed E-state index contributed by atoms with van der Waals surface area (Å²) in [6.07, 6.45) is 2.30. The smallest absolute Gasteiger partial charge is 0.230 e. The van der Waals surface area contributed by atoms with Gasteiger partial charge in [-0.15, -0.1) is 0 Å². The highest BCUT2D eigenvalue weighted by molar-refractivity contribution is 6.16. The lowest BCUT2D eigenvalue weighted by Gasteiger charge is -2.41. The molecule has 3 rings (SSSR count). The van der Waals surface area contributed by atoms with Crippen molar-refractivity contribution in [1.29, 1.82) is 0 Å². The summed E-state index contributed by atoms with van der Waals surface area (Å²) in [7, 11) is 0. The third-order valence-corrected chi connectivity index (χ3v) is 5.52. The second-order valence-corrected chi connectivity index (χ2v) is 8.94. The minimum Gasteiger partial charge on any atom is -0.475 e. The van der Waals surface area contributed by atoms with Crippen LogP contribution in [0.2, 0.25) is 0 Å². The van der Waals surface area contributed by atoms with Crippen molar-refractivity contribution in [1.82, 2.24) is 0 Å². The molecule has 0 amide bonds. The molecule has 0 aromatic carbocycles. The van der Waals surface area contributed by atoms with Gasteiger partial charge in [0.15, 0.2) is 17.3 Å². The average Bonchev–Trinajstić information content (AvgIpc) is 2.69. The highest BCUT2D eigenvalue weighted by atomic mass is 16.5. The predicted octanol–water partition coefficient (Wildman–Crippen LogP) is 3.38. The van der Waals surface area contributed by atoms with Crippen molar-refractivity contribution in [3.05, 3.63) is 11.3 Å². The summed E-state index contributed by atoms with van der Waals surface area (Å²) in [5.74, 6) is -0.0571. The number of Topliss-reactive ketones (excluding diaryl/α,β-unsaturated/α-hetero) is 3. The standard InChI is InChI=1S/C19H26O4/c1-6-11-16-12(20)7-17(2,3)8-13(16)23-19(11)14(21)9-18(4,5)10-15(19)22/h11H,6-10H2,1-5H3. The Kier molecular flexibility index (Phi) is 3.41. The average molecular weight is 318 g/mol. The van der Waals surface area contributed by atoms with Gasteiger partial charge in [0, 0.05) is 37.2 Å². The number of allylic oxidation sites excluding steroid dienone is 1. The quantitative estimate of drug-likeness (QED) is 0.695. The van der Waals surface area contributed by atoms with Gasteiger partial charge in [-0.05, 0) is 17.3 Å². The predicted molar refractivity (Wildman–Crippen MR) is 85.7 cm³/mol. The number of carbonyl (C=O) groups excluding carboxylic acids is 3. The molecule has 0 saturated heterocycles. The summed E-state index contributed by atoms with van der Waals surface area (Å²) in [5, 5.41) is 0. The number of ether oxygens (including phenoxy) is 1. The van der Waals surface area contributed by atoms with Gasteiger partial charge in [0.2, 0.25) is 5.60 Å². The molecule has 4 nitrogen and oxygen atoms in total. The Morgan fingerprint density at radius 3 is 1.96 bits per heavy atom. The van der Waals surface area contributed by atoms with Crippen LogP contribution in [0.25, 0.3) is 0 Å². The summed E-state index contributed by atoms with van der Waals surface area (Å²) in [4.78, 5) is 38.5. The molecule has 0 radical (unpaired) electrons. The van der Waals surface area contributed by atoms with Crippen molar-refractivity contribution in [2.24, 2.45) is 16.7 Å². The van der Waals surface area contributed by atoms with E-state index in [1.54, 1.807) is 0 Å². The summed E-state index contributed by atoms with van der Waals surface area (Å²) in [6.45, 7) is 9.86. The summed E-state index contributed by atoms with van der Waals surface area (Å²) in [6, 6.07) is 0. The fraction of sp³-hybridized carbons (Fsp3) is 0.737. The highest BCUT2D eigenvalue weighted by Crippen LogP contribution is 2.54. The van der Waals surface area contributed by atoms with Crippen LogP contribution in [-0.2, 0) is 19.1 Å². The molecule has 1 saturated carbocycles. The van der Waals surface area contributed by atoms with E-state index in [2.05, 4.69) is 0 Å². The topological polar surface area (TPSA) is 60.4 Å². The SMILES string of the molecule is CCC1C2=C(CC(C)(C)CC2=O)OC12C(=O)CC(C)(C)CC2=O. The van der Waals surface area contributed by atoms with Crippen molar-refractivity contribution in [3.63, 3.8) is 0 Å². The molecule has 0 N–H and O–H groups in total. The van der Waals surface area contributed by atoms with Crippen LogP contribution in [-0.4, -0.2) is 23.0 Å². The van der Waals surface area contributed by atoms with Gasteiger partial charge in [0.25, 0.3) is 0 Å². The number of ketones is 3. The maximum atomic E-state index is 12.9. The fourth-order valence-electron chi connectivity index (χ4n) is 4.57. The van der Waals surface area contributed by atoms with Gasteiger partial charge in [0.05, 0.1) is 0 Å². The van der Waals surface area contributed by atoms with E-state index in [0.717, 1.165) is 0 Å². The first-order valence-corrected chi connectivity index (χ1v) is 8.54. The van der Waals surface area contributed by atoms with E-state index in [1.165, 1.54) is 0 Å². The first-order valence-electron chi connectivity index (χ1n) is 8.54. The molecule has 0 aromatic heterocycles. The zero-order valence-corrected chi connectivity index (χ0v) is 14.7. The van der Waals surface area contributed by atoms with Crippen LogP contribution >= 0.6 is 0 Å². The molecule has 1 unspecified atom stereocenters. The monoisotopic (exact) mass is 318 g/mol. The second-order valence-electron chi connectivity index (χ2n) is 8.94. The fourth-order valence-corrected chi connectivity index (χ4v) is 4.57. The molecule has 0 aromatic rings. The van der Waals surface area contributed by atoms with Crippen molar-refractivity contribution < 1.29 is 19.1 Å². The number of hydrogen-bond donors (Lipinski definition) is 0. The van der Waals surface area contributed by atoms with Crippen molar-refractivity contribution in [2.75, 3.05) is 0 Å².